The molecule has 33 heavy (non-hydrogen) atoms. The van der Waals surface area contributed by atoms with Crippen LogP contribution in [-0.4, -0.2) is 27.1 Å². The predicted molar refractivity (Wildman–Crippen MR) is 129 cm³/mol. The van der Waals surface area contributed by atoms with Crippen LogP contribution in [0, 0.1) is 13.8 Å². The molecule has 2 aromatic carbocycles. The first-order valence-corrected chi connectivity index (χ1v) is 11.4. The van der Waals surface area contributed by atoms with Gasteiger partial charge in [-0.2, -0.15) is 0 Å². The highest BCUT2D eigenvalue weighted by molar-refractivity contribution is 7.99. The molecule has 168 valence electrons. The van der Waals surface area contributed by atoms with Crippen molar-refractivity contribution < 1.29 is 14.0 Å². The largest absolute Gasteiger partial charge is 0.467 e. The zero-order chi connectivity index (χ0) is 23.2. The van der Waals surface area contributed by atoms with Gasteiger partial charge >= 0.3 is 0 Å². The number of aryl methyl sites for hydroxylation is 2. The molecule has 0 unspecified atom stereocenters. The predicted octanol–water partition coefficient (Wildman–Crippen LogP) is 4.74. The average Bonchev–Trinajstić information content (AvgIpc) is 3.51. The number of nitrogens with one attached hydrogen (secondary N) is 2. The molecular formula is C25H24N4O3S. The SMILES string of the molecule is Cc1cccc(C)c1NC(=O)CSc1nccn1-c1ccc(C(=O)NCc2ccco2)cc1. The van der Waals surface area contributed by atoms with Crippen molar-refractivity contribution in [3.8, 4) is 5.69 Å². The number of furan rings is 1. The van der Waals surface area contributed by atoms with Gasteiger partial charge in [-0.1, -0.05) is 30.0 Å². The number of hydrogen-bond donors (Lipinski definition) is 2. The number of amides is 2. The van der Waals surface area contributed by atoms with E-state index in [0.717, 1.165) is 22.5 Å². The Labute approximate surface area is 196 Å². The zero-order valence-electron chi connectivity index (χ0n) is 18.4. The summed E-state index contributed by atoms with van der Waals surface area (Å²) in [6.45, 7) is 4.28. The second-order valence-electron chi connectivity index (χ2n) is 7.49. The Balaban J connectivity index is 1.36. The first-order chi connectivity index (χ1) is 16.0. The zero-order valence-corrected chi connectivity index (χ0v) is 19.2. The third-order valence-electron chi connectivity index (χ3n) is 5.10. The minimum atomic E-state index is -0.179. The fraction of sp³-hybridized carbons (Fsp3) is 0.160. The maximum atomic E-state index is 12.5. The van der Waals surface area contributed by atoms with Crippen LogP contribution in [0.4, 0.5) is 5.69 Å². The molecule has 0 saturated carbocycles. The Bertz CT molecular complexity index is 1230. The molecule has 0 aliphatic rings. The van der Waals surface area contributed by atoms with E-state index in [9.17, 15) is 9.59 Å². The molecule has 4 aromatic rings. The Morgan fingerprint density at radius 2 is 1.79 bits per heavy atom. The van der Waals surface area contributed by atoms with Gasteiger partial charge in [-0.3, -0.25) is 14.2 Å². The monoisotopic (exact) mass is 460 g/mol. The van der Waals surface area contributed by atoms with Crippen LogP contribution >= 0.6 is 11.8 Å². The van der Waals surface area contributed by atoms with Crippen molar-refractivity contribution in [1.82, 2.24) is 14.9 Å². The minimum Gasteiger partial charge on any atom is -0.467 e. The van der Waals surface area contributed by atoms with Crippen LogP contribution in [-0.2, 0) is 11.3 Å². The topological polar surface area (TPSA) is 89.2 Å². The van der Waals surface area contributed by atoms with Gasteiger partial charge in [0.05, 0.1) is 18.6 Å². The van der Waals surface area contributed by atoms with Gasteiger partial charge in [0.2, 0.25) is 5.91 Å². The number of benzene rings is 2. The fourth-order valence-corrected chi connectivity index (χ4v) is 4.14. The number of rotatable bonds is 8. The molecular weight excluding hydrogens is 436 g/mol. The van der Waals surface area contributed by atoms with E-state index in [2.05, 4.69) is 15.6 Å². The highest BCUT2D eigenvalue weighted by atomic mass is 32.2. The summed E-state index contributed by atoms with van der Waals surface area (Å²) in [6.07, 6.45) is 5.10. The van der Waals surface area contributed by atoms with Gasteiger partial charge in [-0.25, -0.2) is 4.98 Å². The number of carbonyl (C=O) groups is 2. The van der Waals surface area contributed by atoms with Gasteiger partial charge in [0.1, 0.15) is 5.76 Å². The third-order valence-corrected chi connectivity index (χ3v) is 6.06. The Hall–Kier alpha value is -3.78. The van der Waals surface area contributed by atoms with Crippen molar-refractivity contribution in [2.45, 2.75) is 25.5 Å². The summed E-state index contributed by atoms with van der Waals surface area (Å²) >= 11 is 1.35. The van der Waals surface area contributed by atoms with Crippen LogP contribution in [0.25, 0.3) is 5.69 Å². The molecule has 0 aliphatic carbocycles. The van der Waals surface area contributed by atoms with Crippen LogP contribution in [0.1, 0.15) is 27.2 Å². The van der Waals surface area contributed by atoms with Crippen molar-refractivity contribution in [3.05, 3.63) is 95.7 Å². The highest BCUT2D eigenvalue weighted by Gasteiger charge is 2.12. The van der Waals surface area contributed by atoms with E-state index in [0.29, 0.717) is 23.0 Å². The number of nitrogens with zero attached hydrogens (tertiary/aromatic N) is 2. The minimum absolute atomic E-state index is 0.0875. The molecule has 0 radical (unpaired) electrons. The number of carbonyl (C=O) groups excluding carboxylic acids is 2. The molecule has 2 amide bonds. The van der Waals surface area contributed by atoms with Crippen molar-refractivity contribution in [1.29, 1.82) is 0 Å². The van der Waals surface area contributed by atoms with E-state index >= 15 is 0 Å². The van der Waals surface area contributed by atoms with Crippen LogP contribution in [0.15, 0.2) is 82.8 Å². The standard InChI is InChI=1S/C25H24N4O3S/c1-17-5-3-6-18(2)23(17)28-22(30)16-33-25-26-12-13-29(25)20-10-8-19(9-11-20)24(31)27-15-21-7-4-14-32-21/h3-14H,15-16H2,1-2H3,(H,27,31)(H,28,30). The average molecular weight is 461 g/mol. The summed E-state index contributed by atoms with van der Waals surface area (Å²) in [7, 11) is 0. The summed E-state index contributed by atoms with van der Waals surface area (Å²) in [6, 6.07) is 16.7. The van der Waals surface area contributed by atoms with E-state index in [-0.39, 0.29) is 17.6 Å². The molecule has 2 N–H and O–H groups in total. The molecule has 0 bridgehead atoms. The quantitative estimate of drug-likeness (QED) is 0.371. The number of imidazole rings is 1. The fourth-order valence-electron chi connectivity index (χ4n) is 3.37. The van der Waals surface area contributed by atoms with Gasteiger partial charge in [-0.05, 0) is 61.4 Å². The number of thioether (sulfide) groups is 1. The Morgan fingerprint density at radius 1 is 1.03 bits per heavy atom. The number of aromatic nitrogens is 2. The second kappa shape index (κ2) is 10.2. The molecule has 0 aliphatic heterocycles. The summed E-state index contributed by atoms with van der Waals surface area (Å²) in [4.78, 5) is 29.2. The molecule has 2 aromatic heterocycles. The molecule has 0 fully saturated rings. The van der Waals surface area contributed by atoms with Gasteiger partial charge < -0.3 is 15.1 Å². The lowest BCUT2D eigenvalue weighted by Crippen LogP contribution is -2.22. The number of hydrogen-bond acceptors (Lipinski definition) is 5. The second-order valence-corrected chi connectivity index (χ2v) is 8.43. The Kier molecular flexibility index (Phi) is 6.95. The molecule has 4 rings (SSSR count). The van der Waals surface area contributed by atoms with Crippen LogP contribution in [0.3, 0.4) is 0 Å². The summed E-state index contributed by atoms with van der Waals surface area (Å²) in [5.41, 5.74) is 4.32. The smallest absolute Gasteiger partial charge is 0.251 e. The first kappa shape index (κ1) is 22.4. The molecule has 0 atom stereocenters. The van der Waals surface area contributed by atoms with Gasteiger partial charge in [0, 0.05) is 29.3 Å². The van der Waals surface area contributed by atoms with E-state index in [1.807, 2.05) is 61.0 Å². The first-order valence-electron chi connectivity index (χ1n) is 10.4. The Morgan fingerprint density at radius 3 is 2.48 bits per heavy atom. The van der Waals surface area contributed by atoms with Crippen LogP contribution < -0.4 is 10.6 Å². The van der Waals surface area contributed by atoms with E-state index in [1.54, 1.807) is 30.7 Å². The third kappa shape index (κ3) is 5.53. The van der Waals surface area contributed by atoms with E-state index in [4.69, 9.17) is 4.42 Å². The molecule has 0 saturated heterocycles. The lowest BCUT2D eigenvalue weighted by atomic mass is 10.1. The number of anilines is 1. The molecule has 0 spiro atoms. The van der Waals surface area contributed by atoms with Crippen molar-refractivity contribution in [3.63, 3.8) is 0 Å². The lowest BCUT2D eigenvalue weighted by molar-refractivity contribution is -0.113. The maximum absolute atomic E-state index is 12.5. The summed E-state index contributed by atoms with van der Waals surface area (Å²) < 4.78 is 7.12. The van der Waals surface area contributed by atoms with Gasteiger partial charge in [0.15, 0.2) is 5.16 Å². The van der Waals surface area contributed by atoms with Crippen molar-refractivity contribution in [2.24, 2.45) is 0 Å². The summed E-state index contributed by atoms with van der Waals surface area (Å²) in [5.74, 6) is 0.663. The molecule has 2 heterocycles. The van der Waals surface area contributed by atoms with Crippen LogP contribution in [0.5, 0.6) is 0 Å². The lowest BCUT2D eigenvalue weighted by Gasteiger charge is -2.12. The van der Waals surface area contributed by atoms with Gasteiger partial charge in [-0.15, -0.1) is 0 Å². The molecule has 7 nitrogen and oxygen atoms in total. The van der Waals surface area contributed by atoms with E-state index in [1.165, 1.54) is 11.8 Å². The van der Waals surface area contributed by atoms with Crippen LogP contribution in [0.2, 0.25) is 0 Å². The van der Waals surface area contributed by atoms with Crippen molar-refractivity contribution >= 4 is 29.3 Å². The summed E-state index contributed by atoms with van der Waals surface area (Å²) in [5, 5.41) is 6.52. The maximum Gasteiger partial charge on any atom is 0.251 e. The number of para-hydroxylation sites is 1. The normalized spacial score (nSPS) is 10.7. The molecule has 8 heteroatoms. The van der Waals surface area contributed by atoms with Crippen molar-refractivity contribution in [2.75, 3.05) is 11.1 Å². The van der Waals surface area contributed by atoms with E-state index < -0.39 is 0 Å². The highest BCUT2D eigenvalue weighted by Crippen LogP contribution is 2.23. The van der Waals surface area contributed by atoms with Gasteiger partial charge in [0.25, 0.3) is 5.91 Å².